The van der Waals surface area contributed by atoms with Crippen LogP contribution in [-0.4, -0.2) is 24.9 Å². The Morgan fingerprint density at radius 1 is 1.00 bits per heavy atom. The Labute approximate surface area is 179 Å². The molecule has 3 aromatic heterocycles. The van der Waals surface area contributed by atoms with Crippen LogP contribution in [-0.2, 0) is 6.18 Å². The van der Waals surface area contributed by atoms with Gasteiger partial charge < -0.3 is 8.94 Å². The van der Waals surface area contributed by atoms with Crippen LogP contribution >= 0.6 is 0 Å². The number of benzene rings is 2. The molecule has 0 aliphatic carbocycles. The van der Waals surface area contributed by atoms with Crippen molar-refractivity contribution in [2.45, 2.75) is 13.1 Å². The molecule has 0 bridgehead atoms. The summed E-state index contributed by atoms with van der Waals surface area (Å²) in [6.07, 6.45) is 0.316. The molecule has 0 aliphatic heterocycles. The van der Waals surface area contributed by atoms with Gasteiger partial charge in [0.15, 0.2) is 17.8 Å². The molecular formula is C22H14F3N5O2. The van der Waals surface area contributed by atoms with E-state index in [9.17, 15) is 13.2 Å². The summed E-state index contributed by atoms with van der Waals surface area (Å²) in [5.74, 6) is 0.460. The van der Waals surface area contributed by atoms with E-state index in [4.69, 9.17) is 8.94 Å². The molecule has 32 heavy (non-hydrogen) atoms. The second kappa shape index (κ2) is 7.49. The number of oxazole rings is 1. The van der Waals surface area contributed by atoms with Crippen molar-refractivity contribution in [3.8, 4) is 40.0 Å². The van der Waals surface area contributed by atoms with Crippen LogP contribution in [0, 0.1) is 6.92 Å². The van der Waals surface area contributed by atoms with Crippen LogP contribution in [0.2, 0.25) is 0 Å². The largest absolute Gasteiger partial charge is 0.443 e. The van der Waals surface area contributed by atoms with Crippen LogP contribution in [0.25, 0.3) is 40.0 Å². The monoisotopic (exact) mass is 437 g/mol. The molecule has 0 spiro atoms. The lowest BCUT2D eigenvalue weighted by molar-refractivity contribution is -0.137. The maximum atomic E-state index is 13.1. The van der Waals surface area contributed by atoms with Crippen LogP contribution in [0.15, 0.2) is 76.3 Å². The molecule has 3 heterocycles. The van der Waals surface area contributed by atoms with Crippen molar-refractivity contribution < 1.29 is 22.1 Å². The predicted molar refractivity (Wildman–Crippen MR) is 108 cm³/mol. The summed E-state index contributed by atoms with van der Waals surface area (Å²) in [6.45, 7) is 1.95. The van der Waals surface area contributed by atoms with Crippen molar-refractivity contribution >= 4 is 0 Å². The van der Waals surface area contributed by atoms with Crippen molar-refractivity contribution in [3.63, 3.8) is 0 Å². The zero-order valence-electron chi connectivity index (χ0n) is 16.5. The van der Waals surface area contributed by atoms with Gasteiger partial charge in [0.25, 0.3) is 5.89 Å². The number of nitrogens with zero attached hydrogens (tertiary/aromatic N) is 5. The molecule has 0 saturated heterocycles. The number of aryl methyl sites for hydroxylation is 1. The van der Waals surface area contributed by atoms with Crippen LogP contribution in [0.1, 0.15) is 11.1 Å². The van der Waals surface area contributed by atoms with E-state index in [1.807, 2.05) is 25.3 Å². The van der Waals surface area contributed by atoms with Gasteiger partial charge in [0.05, 0.1) is 17.4 Å². The second-order valence-electron chi connectivity index (χ2n) is 7.04. The summed E-state index contributed by atoms with van der Waals surface area (Å²) >= 11 is 0. The molecule has 0 N–H and O–H groups in total. The highest BCUT2D eigenvalue weighted by Crippen LogP contribution is 2.35. The average Bonchev–Trinajstić information content (AvgIpc) is 3.53. The van der Waals surface area contributed by atoms with E-state index >= 15 is 0 Å². The summed E-state index contributed by atoms with van der Waals surface area (Å²) in [5, 5.41) is 8.19. The highest BCUT2D eigenvalue weighted by Gasteiger charge is 2.31. The maximum Gasteiger partial charge on any atom is 0.416 e. The molecule has 5 aromatic rings. The fraction of sp³-hybridized carbons (Fsp3) is 0.0909. The molecule has 5 rings (SSSR count). The molecular weight excluding hydrogens is 423 g/mol. The molecule has 10 heteroatoms. The van der Waals surface area contributed by atoms with Gasteiger partial charge in [-0.3, -0.25) is 0 Å². The number of aromatic nitrogens is 5. The van der Waals surface area contributed by atoms with Gasteiger partial charge in [-0.2, -0.15) is 23.3 Å². The first-order valence-corrected chi connectivity index (χ1v) is 9.46. The molecule has 160 valence electrons. The van der Waals surface area contributed by atoms with Crippen LogP contribution in [0.5, 0.6) is 0 Å². The van der Waals surface area contributed by atoms with E-state index in [-0.39, 0.29) is 28.7 Å². The van der Waals surface area contributed by atoms with Crippen molar-refractivity contribution in [2.75, 3.05) is 0 Å². The fourth-order valence-electron chi connectivity index (χ4n) is 3.19. The summed E-state index contributed by atoms with van der Waals surface area (Å²) in [7, 11) is 0. The zero-order chi connectivity index (χ0) is 22.3. The summed E-state index contributed by atoms with van der Waals surface area (Å²) in [5.41, 5.74) is 2.17. The smallest absolute Gasteiger partial charge is 0.416 e. The molecule has 7 nitrogen and oxygen atoms in total. The van der Waals surface area contributed by atoms with Crippen molar-refractivity contribution in [1.82, 2.24) is 24.9 Å². The highest BCUT2D eigenvalue weighted by atomic mass is 19.4. The Kier molecular flexibility index (Phi) is 4.62. The molecule has 0 radical (unpaired) electrons. The molecule has 0 fully saturated rings. The van der Waals surface area contributed by atoms with Gasteiger partial charge in [0, 0.05) is 17.3 Å². The van der Waals surface area contributed by atoms with Gasteiger partial charge in [0.1, 0.15) is 0 Å². The zero-order valence-corrected chi connectivity index (χ0v) is 16.5. The van der Waals surface area contributed by atoms with Gasteiger partial charge in [-0.25, -0.2) is 9.67 Å². The number of halogens is 3. The van der Waals surface area contributed by atoms with Crippen molar-refractivity contribution in [3.05, 3.63) is 78.4 Å². The lowest BCUT2D eigenvalue weighted by Crippen LogP contribution is -2.04. The Hall–Kier alpha value is -4.21. The van der Waals surface area contributed by atoms with Crippen LogP contribution in [0.3, 0.4) is 0 Å². The van der Waals surface area contributed by atoms with Crippen LogP contribution in [0.4, 0.5) is 13.2 Å². The number of hydrogen-bond acceptors (Lipinski definition) is 6. The summed E-state index contributed by atoms with van der Waals surface area (Å²) in [4.78, 5) is 8.42. The summed E-state index contributed by atoms with van der Waals surface area (Å²) < 4.78 is 51.6. The topological polar surface area (TPSA) is 82.8 Å². The van der Waals surface area contributed by atoms with Gasteiger partial charge in [0.2, 0.25) is 5.82 Å². The third-order valence-electron chi connectivity index (χ3n) is 4.75. The lowest BCUT2D eigenvalue weighted by atomic mass is 10.1. The van der Waals surface area contributed by atoms with Crippen molar-refractivity contribution in [2.24, 2.45) is 0 Å². The quantitative estimate of drug-likeness (QED) is 0.366. The third kappa shape index (κ3) is 3.66. The highest BCUT2D eigenvalue weighted by molar-refractivity contribution is 5.74. The second-order valence-corrected chi connectivity index (χ2v) is 7.04. The first kappa shape index (κ1) is 19.7. The maximum absolute atomic E-state index is 13.1. The molecule has 0 saturated carbocycles. The van der Waals surface area contributed by atoms with E-state index in [1.54, 1.807) is 23.0 Å². The van der Waals surface area contributed by atoms with Crippen molar-refractivity contribution in [1.29, 1.82) is 0 Å². The van der Waals surface area contributed by atoms with Gasteiger partial charge in [-0.1, -0.05) is 17.3 Å². The lowest BCUT2D eigenvalue weighted by Gasteiger charge is -2.07. The minimum absolute atomic E-state index is 0.105. The minimum Gasteiger partial charge on any atom is -0.443 e. The van der Waals surface area contributed by atoms with Crippen LogP contribution < -0.4 is 0 Å². The minimum atomic E-state index is -4.48. The van der Waals surface area contributed by atoms with Gasteiger partial charge in [-0.05, 0) is 48.9 Å². The Balaban J connectivity index is 1.45. The first-order valence-electron chi connectivity index (χ1n) is 9.46. The molecule has 0 amide bonds. The first-order chi connectivity index (χ1) is 15.4. The SMILES string of the molecule is Cc1cnn(-c2ccc(-c3nc(-c4ncoc4-c4cccc(C(F)(F)F)c4)no3)cc2)c1. The van der Waals surface area contributed by atoms with E-state index in [0.717, 1.165) is 29.8 Å². The molecule has 0 aliphatic rings. The van der Waals surface area contributed by atoms with E-state index in [1.165, 1.54) is 12.1 Å². The summed E-state index contributed by atoms with van der Waals surface area (Å²) in [6, 6.07) is 12.1. The molecule has 0 atom stereocenters. The number of rotatable bonds is 4. The average molecular weight is 437 g/mol. The van der Waals surface area contributed by atoms with Gasteiger partial charge >= 0.3 is 6.18 Å². The number of hydrogen-bond donors (Lipinski definition) is 0. The van der Waals surface area contributed by atoms with E-state index in [0.29, 0.717) is 5.56 Å². The van der Waals surface area contributed by atoms with E-state index < -0.39 is 11.7 Å². The fourth-order valence-corrected chi connectivity index (χ4v) is 3.19. The predicted octanol–water partition coefficient (Wildman–Crippen LogP) is 5.57. The third-order valence-corrected chi connectivity index (χ3v) is 4.75. The Bertz CT molecular complexity index is 1380. The molecule has 2 aromatic carbocycles. The van der Waals surface area contributed by atoms with E-state index in [2.05, 4.69) is 20.2 Å². The Morgan fingerprint density at radius 3 is 2.53 bits per heavy atom. The number of alkyl halides is 3. The molecule has 0 unspecified atom stereocenters. The standard InChI is InChI=1S/C22H14F3N5O2/c1-13-10-27-30(11-13)17-7-5-14(6-8-17)21-28-20(29-32-21)18-19(31-12-26-18)15-3-2-4-16(9-15)22(23,24)25/h2-12H,1H3. The Morgan fingerprint density at radius 2 is 1.81 bits per heavy atom. The normalized spacial score (nSPS) is 11.8. The van der Waals surface area contributed by atoms with Gasteiger partial charge in [-0.15, -0.1) is 0 Å².